The molecule has 1 aromatic heterocycles. The topological polar surface area (TPSA) is 29.5 Å². The van der Waals surface area contributed by atoms with Crippen LogP contribution in [0.25, 0.3) is 0 Å². The van der Waals surface area contributed by atoms with Gasteiger partial charge in [0.05, 0.1) is 16.9 Å². The maximum absolute atomic E-state index is 10.4. The van der Waals surface area contributed by atoms with E-state index in [4.69, 9.17) is 4.74 Å². The number of hydrogen-bond donors (Lipinski definition) is 1. The molecular formula is C10H14O2S2. The molecule has 0 saturated carbocycles. The van der Waals surface area contributed by atoms with Crippen LogP contribution in [0.4, 0.5) is 0 Å². The van der Waals surface area contributed by atoms with Gasteiger partial charge in [-0.3, -0.25) is 0 Å². The first-order valence-electron chi connectivity index (χ1n) is 4.64. The van der Waals surface area contributed by atoms with Crippen molar-refractivity contribution in [2.24, 2.45) is 0 Å². The van der Waals surface area contributed by atoms with E-state index in [2.05, 4.69) is 6.07 Å². The number of thiophene rings is 1. The fourth-order valence-corrected chi connectivity index (χ4v) is 3.25. The first-order valence-corrected chi connectivity index (χ1v) is 6.74. The second-order valence-corrected chi connectivity index (χ2v) is 5.56. The third kappa shape index (κ3) is 1.60. The molecule has 14 heavy (non-hydrogen) atoms. The van der Waals surface area contributed by atoms with E-state index in [1.165, 1.54) is 4.21 Å². The van der Waals surface area contributed by atoms with Crippen LogP contribution in [0.1, 0.15) is 18.9 Å². The van der Waals surface area contributed by atoms with Gasteiger partial charge in [0.25, 0.3) is 0 Å². The van der Waals surface area contributed by atoms with Crippen molar-refractivity contribution in [3.8, 4) is 0 Å². The lowest BCUT2D eigenvalue weighted by Gasteiger charge is -2.24. The summed E-state index contributed by atoms with van der Waals surface area (Å²) in [7, 11) is 0. The molecule has 0 aliphatic carbocycles. The van der Waals surface area contributed by atoms with E-state index in [0.29, 0.717) is 13.0 Å². The molecule has 2 nitrogen and oxygen atoms in total. The summed E-state index contributed by atoms with van der Waals surface area (Å²) in [5.74, 6) is 0. The van der Waals surface area contributed by atoms with Crippen LogP contribution >= 0.6 is 23.1 Å². The maximum Gasteiger partial charge on any atom is 0.118 e. The van der Waals surface area contributed by atoms with E-state index in [1.54, 1.807) is 23.1 Å². The van der Waals surface area contributed by atoms with Gasteiger partial charge in [-0.25, -0.2) is 0 Å². The lowest BCUT2D eigenvalue weighted by molar-refractivity contribution is -0.0314. The second-order valence-electron chi connectivity index (χ2n) is 3.55. The predicted octanol–water partition coefficient (Wildman–Crippen LogP) is 2.47. The Morgan fingerprint density at radius 3 is 3.00 bits per heavy atom. The molecule has 2 atom stereocenters. The average Bonchev–Trinajstić information content (AvgIpc) is 2.75. The maximum atomic E-state index is 10.4. The molecule has 0 radical (unpaired) electrons. The minimum atomic E-state index is -0.759. The van der Waals surface area contributed by atoms with E-state index >= 15 is 0 Å². The van der Waals surface area contributed by atoms with Crippen molar-refractivity contribution in [3.63, 3.8) is 0 Å². The van der Waals surface area contributed by atoms with E-state index in [9.17, 15) is 5.11 Å². The van der Waals surface area contributed by atoms with Gasteiger partial charge in [0, 0.05) is 6.42 Å². The summed E-state index contributed by atoms with van der Waals surface area (Å²) in [6.45, 7) is 2.59. The third-order valence-electron chi connectivity index (χ3n) is 2.80. The molecule has 0 aromatic carbocycles. The minimum absolute atomic E-state index is 0.0909. The van der Waals surface area contributed by atoms with Crippen LogP contribution in [0, 0.1) is 0 Å². The molecular weight excluding hydrogens is 216 g/mol. The van der Waals surface area contributed by atoms with Crippen molar-refractivity contribution in [3.05, 3.63) is 17.0 Å². The summed E-state index contributed by atoms with van der Waals surface area (Å²) >= 11 is 3.40. The lowest BCUT2D eigenvalue weighted by atomic mass is 9.90. The molecule has 1 N–H and O–H groups in total. The third-order valence-corrected chi connectivity index (χ3v) is 4.83. The van der Waals surface area contributed by atoms with Crippen LogP contribution < -0.4 is 0 Å². The molecule has 2 heterocycles. The highest BCUT2D eigenvalue weighted by molar-refractivity contribution is 8.00. The Labute approximate surface area is 92.3 Å². The zero-order chi connectivity index (χ0) is 10.2. The van der Waals surface area contributed by atoms with Gasteiger partial charge in [0.15, 0.2) is 0 Å². The summed E-state index contributed by atoms with van der Waals surface area (Å²) in [6, 6.07) is 2.07. The quantitative estimate of drug-likeness (QED) is 0.791. The van der Waals surface area contributed by atoms with Gasteiger partial charge in [-0.05, 0) is 30.2 Å². The van der Waals surface area contributed by atoms with E-state index in [-0.39, 0.29) is 6.10 Å². The SMILES string of the molecule is CSc1cc([C@@]2(O)CCO[C@@H]2C)cs1. The van der Waals surface area contributed by atoms with Crippen molar-refractivity contribution in [2.45, 2.75) is 29.3 Å². The van der Waals surface area contributed by atoms with Gasteiger partial charge >= 0.3 is 0 Å². The first kappa shape index (κ1) is 10.5. The first-order chi connectivity index (χ1) is 6.66. The van der Waals surface area contributed by atoms with Crippen molar-refractivity contribution in [1.82, 2.24) is 0 Å². The zero-order valence-corrected chi connectivity index (χ0v) is 9.95. The van der Waals surface area contributed by atoms with Crippen molar-refractivity contribution in [1.29, 1.82) is 0 Å². The lowest BCUT2D eigenvalue weighted by Crippen LogP contribution is -2.32. The van der Waals surface area contributed by atoms with E-state index in [0.717, 1.165) is 5.56 Å². The number of hydrogen-bond acceptors (Lipinski definition) is 4. The molecule has 1 saturated heterocycles. The summed E-state index contributed by atoms with van der Waals surface area (Å²) in [4.78, 5) is 0. The second kappa shape index (κ2) is 3.85. The van der Waals surface area contributed by atoms with Gasteiger partial charge in [-0.1, -0.05) is 0 Å². The molecule has 78 valence electrons. The van der Waals surface area contributed by atoms with Crippen LogP contribution in [0.15, 0.2) is 15.7 Å². The van der Waals surface area contributed by atoms with Gasteiger partial charge in [0.1, 0.15) is 5.60 Å². The van der Waals surface area contributed by atoms with E-state index < -0.39 is 5.60 Å². The number of rotatable bonds is 2. The van der Waals surface area contributed by atoms with Crippen LogP contribution in [-0.4, -0.2) is 24.1 Å². The Hall–Kier alpha value is -0.0300. The molecule has 0 spiro atoms. The summed E-state index contributed by atoms with van der Waals surface area (Å²) < 4.78 is 6.66. The van der Waals surface area contributed by atoms with Crippen LogP contribution in [-0.2, 0) is 10.3 Å². The molecule has 1 aliphatic rings. The van der Waals surface area contributed by atoms with Crippen LogP contribution in [0.5, 0.6) is 0 Å². The standard InChI is InChI=1S/C10H14O2S2/c1-7-10(11,3-4-12-7)8-5-9(13-2)14-6-8/h5-7,11H,3-4H2,1-2H3/t7-,10-/m1/s1. The normalized spacial score (nSPS) is 32.4. The predicted molar refractivity (Wildman–Crippen MR) is 60.0 cm³/mol. The monoisotopic (exact) mass is 230 g/mol. The molecule has 0 bridgehead atoms. The Morgan fingerprint density at radius 2 is 2.50 bits per heavy atom. The Morgan fingerprint density at radius 1 is 1.71 bits per heavy atom. The van der Waals surface area contributed by atoms with Crippen molar-refractivity contribution < 1.29 is 9.84 Å². The highest BCUT2D eigenvalue weighted by atomic mass is 32.2. The Kier molecular flexibility index (Phi) is 2.88. The highest BCUT2D eigenvalue weighted by Crippen LogP contribution is 2.39. The molecule has 0 unspecified atom stereocenters. The summed E-state index contributed by atoms with van der Waals surface area (Å²) in [6.07, 6.45) is 2.67. The number of ether oxygens (including phenoxy) is 1. The van der Waals surface area contributed by atoms with E-state index in [1.807, 2.05) is 18.6 Å². The minimum Gasteiger partial charge on any atom is -0.382 e. The van der Waals surface area contributed by atoms with Gasteiger partial charge < -0.3 is 9.84 Å². The molecule has 1 fully saturated rings. The zero-order valence-electron chi connectivity index (χ0n) is 8.32. The smallest absolute Gasteiger partial charge is 0.118 e. The van der Waals surface area contributed by atoms with Gasteiger partial charge in [0.2, 0.25) is 0 Å². The number of aliphatic hydroxyl groups is 1. The van der Waals surface area contributed by atoms with Gasteiger partial charge in [-0.2, -0.15) is 0 Å². The fourth-order valence-electron chi connectivity index (χ4n) is 1.76. The number of thioether (sulfide) groups is 1. The van der Waals surface area contributed by atoms with Crippen LogP contribution in [0.3, 0.4) is 0 Å². The van der Waals surface area contributed by atoms with Crippen molar-refractivity contribution in [2.75, 3.05) is 12.9 Å². The Balaban J connectivity index is 2.28. The van der Waals surface area contributed by atoms with Gasteiger partial charge in [-0.15, -0.1) is 23.1 Å². The van der Waals surface area contributed by atoms with Crippen molar-refractivity contribution >= 4 is 23.1 Å². The summed E-state index contributed by atoms with van der Waals surface area (Å²) in [5, 5.41) is 12.5. The largest absolute Gasteiger partial charge is 0.382 e. The Bertz CT molecular complexity index is 324. The van der Waals surface area contributed by atoms with Crippen LogP contribution in [0.2, 0.25) is 0 Å². The summed E-state index contributed by atoms with van der Waals surface area (Å²) in [5.41, 5.74) is 0.252. The highest BCUT2D eigenvalue weighted by Gasteiger charge is 2.41. The molecule has 0 amide bonds. The molecule has 1 aromatic rings. The molecule has 2 rings (SSSR count). The average molecular weight is 230 g/mol. The molecule has 1 aliphatic heterocycles. The fraction of sp³-hybridized carbons (Fsp3) is 0.600. The molecule has 4 heteroatoms.